The molecule has 0 radical (unpaired) electrons. The Morgan fingerprint density at radius 1 is 1.40 bits per heavy atom. The Morgan fingerprint density at radius 3 is 2.75 bits per heavy atom. The number of nitrogens with one attached hydrogen (secondary N) is 1. The summed E-state index contributed by atoms with van der Waals surface area (Å²) in [4.78, 5) is 14.3. The molecule has 110 valence electrons. The molecule has 1 aliphatic carbocycles. The lowest BCUT2D eigenvalue weighted by atomic mass is 10.0. The Morgan fingerprint density at radius 2 is 2.15 bits per heavy atom. The number of hydrogen-bond acceptors (Lipinski definition) is 3. The van der Waals surface area contributed by atoms with Crippen LogP contribution in [-0.4, -0.2) is 36.1 Å². The average molecular weight is 276 g/mol. The van der Waals surface area contributed by atoms with E-state index in [9.17, 15) is 9.90 Å². The number of aliphatic hydroxyl groups is 1. The van der Waals surface area contributed by atoms with E-state index in [2.05, 4.69) is 16.3 Å². The SMILES string of the molecule is Cc1ccc(CN(C)C)cc1NC(=O)C1CCCC1O. The Labute approximate surface area is 120 Å². The van der Waals surface area contributed by atoms with Crippen molar-refractivity contribution < 1.29 is 9.90 Å². The number of aryl methyl sites for hydroxylation is 1. The Hall–Kier alpha value is -1.39. The van der Waals surface area contributed by atoms with E-state index in [4.69, 9.17) is 0 Å². The molecule has 4 heteroatoms. The summed E-state index contributed by atoms with van der Waals surface area (Å²) in [6.07, 6.45) is 1.96. The second-order valence-corrected chi connectivity index (χ2v) is 5.98. The zero-order chi connectivity index (χ0) is 14.7. The van der Waals surface area contributed by atoms with Gasteiger partial charge < -0.3 is 15.3 Å². The molecule has 0 aromatic heterocycles. The molecule has 2 atom stereocenters. The first-order valence-corrected chi connectivity index (χ1v) is 7.20. The molecule has 1 aromatic rings. The highest BCUT2D eigenvalue weighted by molar-refractivity contribution is 5.93. The van der Waals surface area contributed by atoms with E-state index in [0.717, 1.165) is 37.1 Å². The number of hydrogen-bond donors (Lipinski definition) is 2. The smallest absolute Gasteiger partial charge is 0.230 e. The van der Waals surface area contributed by atoms with Crippen LogP contribution in [0, 0.1) is 12.8 Å². The number of anilines is 1. The third kappa shape index (κ3) is 3.58. The third-order valence-corrected chi connectivity index (χ3v) is 3.87. The van der Waals surface area contributed by atoms with Gasteiger partial charge in [0.05, 0.1) is 12.0 Å². The van der Waals surface area contributed by atoms with Gasteiger partial charge in [0.2, 0.25) is 5.91 Å². The largest absolute Gasteiger partial charge is 0.392 e. The summed E-state index contributed by atoms with van der Waals surface area (Å²) in [5.41, 5.74) is 3.07. The zero-order valence-electron chi connectivity index (χ0n) is 12.5. The minimum absolute atomic E-state index is 0.0555. The summed E-state index contributed by atoms with van der Waals surface area (Å²) in [5, 5.41) is 12.8. The van der Waals surface area contributed by atoms with Gasteiger partial charge in [-0.3, -0.25) is 4.79 Å². The third-order valence-electron chi connectivity index (χ3n) is 3.87. The van der Waals surface area contributed by atoms with Crippen LogP contribution < -0.4 is 5.32 Å². The molecule has 0 saturated heterocycles. The van der Waals surface area contributed by atoms with Crippen LogP contribution in [0.5, 0.6) is 0 Å². The van der Waals surface area contributed by atoms with Crippen molar-refractivity contribution >= 4 is 11.6 Å². The van der Waals surface area contributed by atoms with Crippen molar-refractivity contribution in [1.82, 2.24) is 4.90 Å². The van der Waals surface area contributed by atoms with Crippen LogP contribution in [0.15, 0.2) is 18.2 Å². The number of benzene rings is 1. The van der Waals surface area contributed by atoms with Gasteiger partial charge >= 0.3 is 0 Å². The predicted octanol–water partition coefficient (Wildman–Crippen LogP) is 2.16. The highest BCUT2D eigenvalue weighted by Crippen LogP contribution is 2.27. The van der Waals surface area contributed by atoms with Crippen LogP contribution in [0.25, 0.3) is 0 Å². The van der Waals surface area contributed by atoms with E-state index in [1.54, 1.807) is 0 Å². The van der Waals surface area contributed by atoms with Gasteiger partial charge in [-0.25, -0.2) is 0 Å². The zero-order valence-corrected chi connectivity index (χ0v) is 12.5. The molecule has 1 amide bonds. The molecule has 1 fully saturated rings. The first-order valence-electron chi connectivity index (χ1n) is 7.20. The maximum atomic E-state index is 12.2. The average Bonchev–Trinajstić information content (AvgIpc) is 2.79. The standard InChI is InChI=1S/C16H24N2O2/c1-11-7-8-12(10-18(2)3)9-14(11)17-16(20)13-5-4-6-15(13)19/h7-9,13,15,19H,4-6,10H2,1-3H3,(H,17,20). The monoisotopic (exact) mass is 276 g/mol. The fourth-order valence-corrected chi connectivity index (χ4v) is 2.74. The van der Waals surface area contributed by atoms with E-state index in [1.807, 2.05) is 33.2 Å². The van der Waals surface area contributed by atoms with Crippen molar-refractivity contribution in [3.8, 4) is 0 Å². The summed E-state index contributed by atoms with van der Waals surface area (Å²) < 4.78 is 0. The summed E-state index contributed by atoms with van der Waals surface area (Å²) in [6.45, 7) is 2.83. The van der Waals surface area contributed by atoms with E-state index in [0.29, 0.717) is 0 Å². The van der Waals surface area contributed by atoms with Gasteiger partial charge in [0, 0.05) is 12.2 Å². The van der Waals surface area contributed by atoms with Gasteiger partial charge in [-0.1, -0.05) is 12.1 Å². The van der Waals surface area contributed by atoms with Gasteiger partial charge in [-0.15, -0.1) is 0 Å². The number of nitrogens with zero attached hydrogens (tertiary/aromatic N) is 1. The lowest BCUT2D eigenvalue weighted by Gasteiger charge is -2.17. The second-order valence-electron chi connectivity index (χ2n) is 5.98. The van der Waals surface area contributed by atoms with Crippen LogP contribution in [0.1, 0.15) is 30.4 Å². The van der Waals surface area contributed by atoms with E-state index in [1.165, 1.54) is 5.56 Å². The Balaban J connectivity index is 2.09. The van der Waals surface area contributed by atoms with Crippen LogP contribution in [0.2, 0.25) is 0 Å². The minimum Gasteiger partial charge on any atom is -0.392 e. The number of aliphatic hydroxyl groups excluding tert-OH is 1. The van der Waals surface area contributed by atoms with Crippen molar-refractivity contribution in [2.75, 3.05) is 19.4 Å². The predicted molar refractivity (Wildman–Crippen MR) is 80.5 cm³/mol. The fourth-order valence-electron chi connectivity index (χ4n) is 2.74. The van der Waals surface area contributed by atoms with Crippen LogP contribution in [-0.2, 0) is 11.3 Å². The lowest BCUT2D eigenvalue weighted by Crippen LogP contribution is -2.29. The van der Waals surface area contributed by atoms with Gasteiger partial charge in [-0.2, -0.15) is 0 Å². The summed E-state index contributed by atoms with van der Waals surface area (Å²) in [7, 11) is 4.04. The van der Waals surface area contributed by atoms with E-state index >= 15 is 0 Å². The minimum atomic E-state index is -0.486. The molecule has 1 aromatic carbocycles. The summed E-state index contributed by atoms with van der Waals surface area (Å²) in [5.74, 6) is -0.313. The molecule has 4 nitrogen and oxygen atoms in total. The molecular formula is C16H24N2O2. The van der Waals surface area contributed by atoms with E-state index in [-0.39, 0.29) is 11.8 Å². The second kappa shape index (κ2) is 6.37. The number of rotatable bonds is 4. The Kier molecular flexibility index (Phi) is 4.78. The highest BCUT2D eigenvalue weighted by Gasteiger charge is 2.31. The molecule has 2 unspecified atom stereocenters. The number of amides is 1. The molecule has 1 saturated carbocycles. The topological polar surface area (TPSA) is 52.6 Å². The van der Waals surface area contributed by atoms with Gasteiger partial charge in [0.25, 0.3) is 0 Å². The van der Waals surface area contributed by atoms with Crippen molar-refractivity contribution in [3.05, 3.63) is 29.3 Å². The molecule has 20 heavy (non-hydrogen) atoms. The summed E-state index contributed by atoms with van der Waals surface area (Å²) in [6, 6.07) is 6.13. The normalized spacial score (nSPS) is 22.2. The van der Waals surface area contributed by atoms with Crippen LogP contribution in [0.3, 0.4) is 0 Å². The molecule has 2 rings (SSSR count). The molecule has 1 aliphatic rings. The molecule has 0 aliphatic heterocycles. The van der Waals surface area contributed by atoms with Gasteiger partial charge in [0.15, 0.2) is 0 Å². The van der Waals surface area contributed by atoms with Gasteiger partial charge in [-0.05, 0) is 57.5 Å². The highest BCUT2D eigenvalue weighted by atomic mass is 16.3. The summed E-state index contributed by atoms with van der Waals surface area (Å²) >= 11 is 0. The Bertz CT molecular complexity index is 485. The molecule has 0 heterocycles. The van der Waals surface area contributed by atoms with Crippen molar-refractivity contribution in [1.29, 1.82) is 0 Å². The number of carbonyl (C=O) groups excluding carboxylic acids is 1. The van der Waals surface area contributed by atoms with Crippen molar-refractivity contribution in [2.45, 2.75) is 38.8 Å². The van der Waals surface area contributed by atoms with Crippen LogP contribution >= 0.6 is 0 Å². The maximum Gasteiger partial charge on any atom is 0.230 e. The van der Waals surface area contributed by atoms with Crippen molar-refractivity contribution in [3.63, 3.8) is 0 Å². The van der Waals surface area contributed by atoms with Crippen molar-refractivity contribution in [2.24, 2.45) is 5.92 Å². The first kappa shape index (κ1) is 15.0. The molecule has 0 bridgehead atoms. The number of carbonyl (C=O) groups is 1. The fraction of sp³-hybridized carbons (Fsp3) is 0.562. The lowest BCUT2D eigenvalue weighted by molar-refractivity contribution is -0.122. The first-order chi connectivity index (χ1) is 9.47. The maximum absolute atomic E-state index is 12.2. The van der Waals surface area contributed by atoms with E-state index < -0.39 is 6.10 Å². The van der Waals surface area contributed by atoms with Crippen LogP contribution in [0.4, 0.5) is 5.69 Å². The molecule has 0 spiro atoms. The molecular weight excluding hydrogens is 252 g/mol. The van der Waals surface area contributed by atoms with Gasteiger partial charge in [0.1, 0.15) is 0 Å². The quantitative estimate of drug-likeness (QED) is 0.886. The molecule has 2 N–H and O–H groups in total.